The van der Waals surface area contributed by atoms with Gasteiger partial charge in [0.1, 0.15) is 6.54 Å². The number of carbonyl (C=O) groups excluding carboxylic acids is 1. The molecule has 4 nitrogen and oxygen atoms in total. The van der Waals surface area contributed by atoms with Crippen molar-refractivity contribution >= 4 is 63.3 Å². The molecule has 0 aliphatic heterocycles. The van der Waals surface area contributed by atoms with E-state index in [-0.39, 0.29) is 63.8 Å². The van der Waals surface area contributed by atoms with Crippen molar-refractivity contribution in [3.63, 3.8) is 0 Å². The fourth-order valence-electron chi connectivity index (χ4n) is 2.21. The summed E-state index contributed by atoms with van der Waals surface area (Å²) in [6, 6.07) is 0. The van der Waals surface area contributed by atoms with E-state index in [4.69, 9.17) is 5.11 Å². The van der Waals surface area contributed by atoms with E-state index in [0.29, 0.717) is 6.42 Å². The number of aliphatic carboxylic acids is 1. The van der Waals surface area contributed by atoms with Gasteiger partial charge in [-0.2, -0.15) is 0 Å². The third kappa shape index (κ3) is 20.6. The Hall–Kier alpha value is 0.576. The van der Waals surface area contributed by atoms with Gasteiger partial charge in [-0.3, -0.25) is 9.59 Å². The van der Waals surface area contributed by atoms with Crippen LogP contribution in [0.3, 0.4) is 0 Å². The van der Waals surface area contributed by atoms with Gasteiger partial charge in [0, 0.05) is 6.42 Å². The molecule has 0 saturated heterocycles. The first-order valence-electron chi connectivity index (χ1n) is 8.15. The molecule has 0 rings (SSSR count). The summed E-state index contributed by atoms with van der Waals surface area (Å²) in [5, 5.41) is 10.8. The zero-order valence-corrected chi connectivity index (χ0v) is 13.0. The van der Waals surface area contributed by atoms with E-state index < -0.39 is 5.97 Å². The summed E-state index contributed by atoms with van der Waals surface area (Å²) >= 11 is 0. The van der Waals surface area contributed by atoms with Crippen molar-refractivity contribution in [2.75, 3.05) is 6.54 Å². The van der Waals surface area contributed by atoms with Crippen LogP contribution in [0.15, 0.2) is 0 Å². The van der Waals surface area contributed by atoms with Gasteiger partial charge in [0.15, 0.2) is 0 Å². The molecule has 0 spiro atoms. The quantitative estimate of drug-likeness (QED) is 0.380. The van der Waals surface area contributed by atoms with E-state index >= 15 is 0 Å². The van der Waals surface area contributed by atoms with Gasteiger partial charge in [-0.15, -0.1) is 0 Å². The monoisotopic (exact) mass is 325 g/mol. The number of nitrogens with one attached hydrogen (secondary N) is 1. The summed E-state index contributed by atoms with van der Waals surface area (Å²) in [4.78, 5) is 21.5. The van der Waals surface area contributed by atoms with Crippen LogP contribution in [0.5, 0.6) is 0 Å². The van der Waals surface area contributed by atoms with E-state index in [1.54, 1.807) is 0 Å². The van der Waals surface area contributed by atoms with Crippen LogP contribution in [0.4, 0.5) is 0 Å². The van der Waals surface area contributed by atoms with Crippen LogP contribution in [-0.2, 0) is 9.59 Å². The zero-order chi connectivity index (χ0) is 15.1. The number of amides is 1. The van der Waals surface area contributed by atoms with E-state index in [0.717, 1.165) is 12.8 Å². The number of rotatable bonds is 14. The average molecular weight is 326 g/mol. The van der Waals surface area contributed by atoms with Gasteiger partial charge < -0.3 is 10.4 Å². The molecule has 120 valence electrons. The van der Waals surface area contributed by atoms with Crippen molar-refractivity contribution < 1.29 is 14.7 Å². The average Bonchev–Trinajstić information content (AvgIpc) is 2.42. The summed E-state index contributed by atoms with van der Waals surface area (Å²) in [5.74, 6) is -1.14. The van der Waals surface area contributed by atoms with Crippen molar-refractivity contribution in [3.05, 3.63) is 0 Å². The first-order chi connectivity index (χ1) is 9.66. The van der Waals surface area contributed by atoms with Crippen molar-refractivity contribution in [3.8, 4) is 0 Å². The molecule has 21 heavy (non-hydrogen) atoms. The molecule has 0 bridgehead atoms. The van der Waals surface area contributed by atoms with Gasteiger partial charge in [0.05, 0.1) is 0 Å². The SMILES string of the molecule is CCCCCCCCCCCCCC(=O)NCC(=O)O.[KH]. The summed E-state index contributed by atoms with van der Waals surface area (Å²) in [6.45, 7) is 1.97. The van der Waals surface area contributed by atoms with Crippen molar-refractivity contribution in [2.24, 2.45) is 0 Å². The van der Waals surface area contributed by atoms with E-state index in [9.17, 15) is 9.59 Å². The predicted molar refractivity (Wildman–Crippen MR) is 88.9 cm³/mol. The molecule has 0 radical (unpaired) electrons. The van der Waals surface area contributed by atoms with Crippen LogP contribution in [0, 0.1) is 0 Å². The number of unbranched alkanes of at least 4 members (excludes halogenated alkanes) is 10. The Bertz CT molecular complexity index is 260. The second-order valence-electron chi connectivity index (χ2n) is 5.46. The maximum atomic E-state index is 11.2. The fourth-order valence-corrected chi connectivity index (χ4v) is 2.21. The minimum atomic E-state index is -0.989. The maximum absolute atomic E-state index is 11.2. The molecule has 0 unspecified atom stereocenters. The van der Waals surface area contributed by atoms with E-state index in [1.807, 2.05) is 0 Å². The van der Waals surface area contributed by atoms with Crippen LogP contribution in [0.25, 0.3) is 0 Å². The van der Waals surface area contributed by atoms with Gasteiger partial charge in [-0.25, -0.2) is 0 Å². The molecule has 2 N–H and O–H groups in total. The van der Waals surface area contributed by atoms with Crippen molar-refractivity contribution in [1.82, 2.24) is 5.32 Å². The van der Waals surface area contributed by atoms with Gasteiger partial charge in [0.25, 0.3) is 0 Å². The Labute approximate surface area is 172 Å². The van der Waals surface area contributed by atoms with E-state index in [1.165, 1.54) is 57.8 Å². The van der Waals surface area contributed by atoms with Gasteiger partial charge in [-0.05, 0) is 6.42 Å². The second kappa shape index (κ2) is 18.6. The molecule has 1 amide bonds. The van der Waals surface area contributed by atoms with Crippen LogP contribution in [0.2, 0.25) is 0 Å². The summed E-state index contributed by atoms with van der Waals surface area (Å²) in [7, 11) is 0. The number of carboxylic acid groups (broad SMARTS) is 1. The second-order valence-corrected chi connectivity index (χ2v) is 5.46. The summed E-state index contributed by atoms with van der Waals surface area (Å²) in [5.41, 5.74) is 0. The molecule has 5 heteroatoms. The predicted octanol–water partition coefficient (Wildman–Crippen LogP) is 3.24. The number of carboxylic acids is 1. The molecule has 0 aliphatic rings. The molecule has 0 aromatic carbocycles. The van der Waals surface area contributed by atoms with Crippen molar-refractivity contribution in [1.29, 1.82) is 0 Å². The van der Waals surface area contributed by atoms with E-state index in [2.05, 4.69) is 12.2 Å². The van der Waals surface area contributed by atoms with Crippen molar-refractivity contribution in [2.45, 2.75) is 84.0 Å². The molecule has 0 atom stereocenters. The standard InChI is InChI=1S/C16H31NO3.K.H/c1-2-3-4-5-6-7-8-9-10-11-12-13-15(18)17-14-16(19)20;;/h2-14H2,1H3,(H,17,18)(H,19,20);;. The molecular weight excluding hydrogens is 293 g/mol. The first-order valence-corrected chi connectivity index (χ1v) is 8.15. The molecule has 0 aliphatic carbocycles. The molecular formula is C16H32KNO3. The normalized spacial score (nSPS) is 9.95. The Morgan fingerprint density at radius 2 is 1.24 bits per heavy atom. The topological polar surface area (TPSA) is 66.4 Å². The fraction of sp³-hybridized carbons (Fsp3) is 0.875. The zero-order valence-electron chi connectivity index (χ0n) is 13.0. The Morgan fingerprint density at radius 3 is 1.67 bits per heavy atom. The molecule has 0 aromatic rings. The van der Waals surface area contributed by atoms with Crippen LogP contribution in [0.1, 0.15) is 84.0 Å². The third-order valence-corrected chi connectivity index (χ3v) is 3.44. The Balaban J connectivity index is 0. The molecule has 0 fully saturated rings. The summed E-state index contributed by atoms with van der Waals surface area (Å²) in [6.07, 6.45) is 14.2. The van der Waals surface area contributed by atoms with Gasteiger partial charge in [-0.1, -0.05) is 71.1 Å². The minimum absolute atomic E-state index is 0. The van der Waals surface area contributed by atoms with Crippen LogP contribution < -0.4 is 5.32 Å². The van der Waals surface area contributed by atoms with Crippen LogP contribution >= 0.6 is 0 Å². The van der Waals surface area contributed by atoms with Gasteiger partial charge >= 0.3 is 57.4 Å². The van der Waals surface area contributed by atoms with Crippen LogP contribution in [-0.4, -0.2) is 74.9 Å². The molecule has 0 saturated carbocycles. The van der Waals surface area contributed by atoms with Gasteiger partial charge in [0.2, 0.25) is 5.91 Å². The number of carbonyl (C=O) groups is 2. The molecule has 0 heterocycles. The third-order valence-electron chi connectivity index (χ3n) is 3.44. The number of hydrogen-bond donors (Lipinski definition) is 2. The number of hydrogen-bond acceptors (Lipinski definition) is 2. The summed E-state index contributed by atoms with van der Waals surface area (Å²) < 4.78 is 0. The first kappa shape index (κ1) is 23.8. The molecule has 0 aromatic heterocycles. The Morgan fingerprint density at radius 1 is 0.810 bits per heavy atom. The Kier molecular flexibility index (Phi) is 21.1.